The SMILES string of the molecule is O=C(c1cc(=O)[nH]c2ccc(Br)cc12)N1CCCC1. The minimum atomic E-state index is -0.239. The predicted molar refractivity (Wildman–Crippen MR) is 77.4 cm³/mol. The molecule has 1 aliphatic heterocycles. The van der Waals surface area contributed by atoms with Crippen LogP contribution in [0.3, 0.4) is 0 Å². The van der Waals surface area contributed by atoms with Crippen LogP contribution in [0.15, 0.2) is 33.5 Å². The van der Waals surface area contributed by atoms with E-state index in [-0.39, 0.29) is 11.5 Å². The number of carbonyl (C=O) groups excluding carboxylic acids is 1. The Balaban J connectivity index is 2.18. The maximum atomic E-state index is 12.5. The fourth-order valence-electron chi connectivity index (χ4n) is 2.49. The summed E-state index contributed by atoms with van der Waals surface area (Å²) in [5, 5.41) is 0.783. The maximum absolute atomic E-state index is 12.5. The topological polar surface area (TPSA) is 53.2 Å². The Hall–Kier alpha value is -1.62. The van der Waals surface area contributed by atoms with Crippen molar-refractivity contribution >= 4 is 32.7 Å². The molecule has 4 nitrogen and oxygen atoms in total. The molecule has 2 heterocycles. The lowest BCUT2D eigenvalue weighted by atomic mass is 10.1. The number of fused-ring (bicyclic) bond motifs is 1. The van der Waals surface area contributed by atoms with Crippen LogP contribution in [0.5, 0.6) is 0 Å². The van der Waals surface area contributed by atoms with Crippen LogP contribution in [0.4, 0.5) is 0 Å². The molecule has 1 N–H and O–H groups in total. The first-order valence-electron chi connectivity index (χ1n) is 6.27. The Bertz CT molecular complexity index is 702. The van der Waals surface area contributed by atoms with Gasteiger partial charge in [0.15, 0.2) is 0 Å². The summed E-state index contributed by atoms with van der Waals surface area (Å²) in [5.74, 6) is -0.0494. The smallest absolute Gasteiger partial charge is 0.254 e. The number of H-pyrrole nitrogens is 1. The van der Waals surface area contributed by atoms with Crippen molar-refractivity contribution in [1.82, 2.24) is 9.88 Å². The highest BCUT2D eigenvalue weighted by Gasteiger charge is 2.21. The van der Waals surface area contributed by atoms with Gasteiger partial charge in [-0.15, -0.1) is 0 Å². The number of halogens is 1. The molecule has 1 saturated heterocycles. The first-order chi connectivity index (χ1) is 9.15. The van der Waals surface area contributed by atoms with E-state index in [1.807, 2.05) is 23.1 Å². The second-order valence-electron chi connectivity index (χ2n) is 4.74. The summed E-state index contributed by atoms with van der Waals surface area (Å²) in [5.41, 5.74) is 0.942. The van der Waals surface area contributed by atoms with Crippen molar-refractivity contribution < 1.29 is 4.79 Å². The molecule has 98 valence electrons. The van der Waals surface area contributed by atoms with E-state index < -0.39 is 0 Å². The first-order valence-corrected chi connectivity index (χ1v) is 7.06. The predicted octanol–water partition coefficient (Wildman–Crippen LogP) is 2.53. The van der Waals surface area contributed by atoms with Crippen molar-refractivity contribution in [2.75, 3.05) is 13.1 Å². The number of likely N-dealkylation sites (tertiary alicyclic amines) is 1. The Kier molecular flexibility index (Phi) is 3.14. The molecule has 0 bridgehead atoms. The Morgan fingerprint density at radius 3 is 2.68 bits per heavy atom. The van der Waals surface area contributed by atoms with Crippen molar-refractivity contribution in [3.05, 3.63) is 44.7 Å². The molecule has 2 aromatic rings. The van der Waals surface area contributed by atoms with E-state index >= 15 is 0 Å². The second kappa shape index (κ2) is 4.81. The molecule has 0 spiro atoms. The van der Waals surface area contributed by atoms with Gasteiger partial charge in [-0.3, -0.25) is 9.59 Å². The average Bonchev–Trinajstić information content (AvgIpc) is 2.91. The number of nitrogens with one attached hydrogen (secondary N) is 1. The summed E-state index contributed by atoms with van der Waals surface area (Å²) in [7, 11) is 0. The van der Waals surface area contributed by atoms with Gasteiger partial charge in [-0.2, -0.15) is 0 Å². The maximum Gasteiger partial charge on any atom is 0.254 e. The van der Waals surface area contributed by atoms with Gasteiger partial charge < -0.3 is 9.88 Å². The van der Waals surface area contributed by atoms with E-state index in [2.05, 4.69) is 20.9 Å². The number of rotatable bonds is 1. The lowest BCUT2D eigenvalue weighted by molar-refractivity contribution is 0.0794. The van der Waals surface area contributed by atoms with Gasteiger partial charge in [0.25, 0.3) is 5.91 Å². The fourth-order valence-corrected chi connectivity index (χ4v) is 2.85. The minimum Gasteiger partial charge on any atom is -0.339 e. The number of benzene rings is 1. The molecule has 0 aliphatic carbocycles. The van der Waals surface area contributed by atoms with E-state index in [0.717, 1.165) is 35.8 Å². The van der Waals surface area contributed by atoms with E-state index in [4.69, 9.17) is 0 Å². The molecule has 1 amide bonds. The summed E-state index contributed by atoms with van der Waals surface area (Å²) in [4.78, 5) is 28.7. The van der Waals surface area contributed by atoms with Gasteiger partial charge in [0, 0.05) is 34.5 Å². The van der Waals surface area contributed by atoms with Crippen LogP contribution in [0.1, 0.15) is 23.2 Å². The van der Waals surface area contributed by atoms with Crippen LogP contribution in [-0.4, -0.2) is 28.9 Å². The largest absolute Gasteiger partial charge is 0.339 e. The highest BCUT2D eigenvalue weighted by Crippen LogP contribution is 2.22. The molecule has 0 radical (unpaired) electrons. The summed E-state index contributed by atoms with van der Waals surface area (Å²) >= 11 is 3.40. The molecule has 1 aromatic carbocycles. The van der Waals surface area contributed by atoms with Crippen LogP contribution in [0.25, 0.3) is 10.9 Å². The normalized spacial score (nSPS) is 15.1. The van der Waals surface area contributed by atoms with Crippen LogP contribution >= 0.6 is 15.9 Å². The van der Waals surface area contributed by atoms with Crippen LogP contribution in [0.2, 0.25) is 0 Å². The third-order valence-corrected chi connectivity index (χ3v) is 3.92. The Morgan fingerprint density at radius 1 is 1.21 bits per heavy atom. The summed E-state index contributed by atoms with van der Waals surface area (Å²) < 4.78 is 0.891. The number of pyridine rings is 1. The van der Waals surface area contributed by atoms with Crippen LogP contribution < -0.4 is 5.56 Å². The standard InChI is InChI=1S/C14H13BrN2O2/c15-9-3-4-12-10(7-9)11(8-13(18)16-12)14(19)17-5-1-2-6-17/h3-4,7-8H,1-2,5-6H2,(H,16,18). The number of hydrogen-bond donors (Lipinski definition) is 1. The molecule has 1 fully saturated rings. The third-order valence-electron chi connectivity index (χ3n) is 3.43. The van der Waals surface area contributed by atoms with E-state index in [0.29, 0.717) is 11.1 Å². The molecule has 0 unspecified atom stereocenters. The molecular weight excluding hydrogens is 308 g/mol. The highest BCUT2D eigenvalue weighted by molar-refractivity contribution is 9.10. The summed E-state index contributed by atoms with van der Waals surface area (Å²) in [6.07, 6.45) is 2.08. The van der Waals surface area contributed by atoms with Crippen molar-refractivity contribution in [3.63, 3.8) is 0 Å². The van der Waals surface area contributed by atoms with Crippen molar-refractivity contribution in [2.24, 2.45) is 0 Å². The second-order valence-corrected chi connectivity index (χ2v) is 5.65. The number of aromatic nitrogens is 1. The molecular formula is C14H13BrN2O2. The Labute approximate surface area is 118 Å². The number of aromatic amines is 1. The van der Waals surface area contributed by atoms with Crippen molar-refractivity contribution in [1.29, 1.82) is 0 Å². The van der Waals surface area contributed by atoms with Gasteiger partial charge in [-0.1, -0.05) is 15.9 Å². The molecule has 19 heavy (non-hydrogen) atoms. The fraction of sp³-hybridized carbons (Fsp3) is 0.286. The number of carbonyl (C=O) groups is 1. The summed E-state index contributed by atoms with van der Waals surface area (Å²) in [6, 6.07) is 6.92. The van der Waals surface area contributed by atoms with Crippen molar-refractivity contribution in [3.8, 4) is 0 Å². The van der Waals surface area contributed by atoms with Gasteiger partial charge in [0.1, 0.15) is 0 Å². The third kappa shape index (κ3) is 2.30. The van der Waals surface area contributed by atoms with Gasteiger partial charge >= 0.3 is 0 Å². The van der Waals surface area contributed by atoms with Crippen LogP contribution in [0, 0.1) is 0 Å². The molecule has 0 atom stereocenters. The molecule has 5 heteroatoms. The van der Waals surface area contributed by atoms with E-state index in [1.54, 1.807) is 0 Å². The van der Waals surface area contributed by atoms with Gasteiger partial charge in [-0.05, 0) is 31.0 Å². The van der Waals surface area contributed by atoms with Gasteiger partial charge in [0.05, 0.1) is 5.56 Å². The zero-order valence-corrected chi connectivity index (χ0v) is 11.9. The Morgan fingerprint density at radius 2 is 1.95 bits per heavy atom. The van der Waals surface area contributed by atoms with Gasteiger partial charge in [-0.25, -0.2) is 0 Å². The van der Waals surface area contributed by atoms with Crippen LogP contribution in [-0.2, 0) is 0 Å². The lowest BCUT2D eigenvalue weighted by Crippen LogP contribution is -2.28. The number of nitrogens with zero attached hydrogens (tertiary/aromatic N) is 1. The first kappa shape index (κ1) is 12.4. The minimum absolute atomic E-state index is 0.0494. The van der Waals surface area contributed by atoms with Crippen molar-refractivity contribution in [2.45, 2.75) is 12.8 Å². The quantitative estimate of drug-likeness (QED) is 0.877. The number of hydrogen-bond acceptors (Lipinski definition) is 2. The zero-order valence-electron chi connectivity index (χ0n) is 10.3. The monoisotopic (exact) mass is 320 g/mol. The lowest BCUT2D eigenvalue weighted by Gasteiger charge is -2.16. The molecule has 1 aliphatic rings. The number of amides is 1. The summed E-state index contributed by atoms with van der Waals surface area (Å²) in [6.45, 7) is 1.56. The molecule has 0 saturated carbocycles. The zero-order chi connectivity index (χ0) is 13.4. The van der Waals surface area contributed by atoms with Gasteiger partial charge in [0.2, 0.25) is 5.56 Å². The molecule has 1 aromatic heterocycles. The van der Waals surface area contributed by atoms with E-state index in [1.165, 1.54) is 6.07 Å². The highest BCUT2D eigenvalue weighted by atomic mass is 79.9. The van der Waals surface area contributed by atoms with E-state index in [9.17, 15) is 9.59 Å². The molecule has 3 rings (SSSR count). The average molecular weight is 321 g/mol.